The number of thiocarbonyl (C=S) groups is 1. The number of halogens is 1. The van der Waals surface area contributed by atoms with Gasteiger partial charge >= 0.3 is 0 Å². The number of hydrogen-bond donors (Lipinski definition) is 1. The van der Waals surface area contributed by atoms with Crippen LogP contribution in [0.2, 0.25) is 5.02 Å². The van der Waals surface area contributed by atoms with Crippen molar-refractivity contribution in [2.45, 2.75) is 19.4 Å². The van der Waals surface area contributed by atoms with Crippen LogP contribution in [0, 0.1) is 0 Å². The van der Waals surface area contributed by atoms with E-state index < -0.39 is 0 Å². The molecular weight excluding hydrogens is 432 g/mol. The lowest BCUT2D eigenvalue weighted by atomic mass is 9.94. The first kappa shape index (κ1) is 21.5. The Balaban J connectivity index is 1.78. The third kappa shape index (κ3) is 4.63. The fourth-order valence-corrected chi connectivity index (χ4v) is 4.21. The predicted molar refractivity (Wildman–Crippen MR) is 125 cm³/mol. The molecule has 31 heavy (non-hydrogen) atoms. The Labute approximate surface area is 191 Å². The summed E-state index contributed by atoms with van der Waals surface area (Å²) in [7, 11) is 1.69. The summed E-state index contributed by atoms with van der Waals surface area (Å²) in [6.07, 6.45) is 0.837. The van der Waals surface area contributed by atoms with E-state index >= 15 is 0 Å². The van der Waals surface area contributed by atoms with Crippen molar-refractivity contribution >= 4 is 34.5 Å². The molecule has 1 N–H and O–H groups in total. The second-order valence-electron chi connectivity index (χ2n) is 7.22. The van der Waals surface area contributed by atoms with E-state index in [1.165, 1.54) is 0 Å². The molecule has 0 radical (unpaired) electrons. The monoisotopic (exact) mass is 454 g/mol. The highest BCUT2D eigenvalue weighted by molar-refractivity contribution is 7.80. The predicted octanol–water partition coefficient (Wildman–Crippen LogP) is 5.09. The minimum Gasteiger partial charge on any atom is -0.385 e. The summed E-state index contributed by atoms with van der Waals surface area (Å²) >= 11 is 12.0. The maximum Gasteiger partial charge on any atom is 0.258 e. The van der Waals surface area contributed by atoms with E-state index in [1.54, 1.807) is 7.11 Å². The van der Waals surface area contributed by atoms with Crippen LogP contribution >= 0.6 is 23.8 Å². The molecule has 0 fully saturated rings. The number of methoxy groups -OCH3 is 1. The molecule has 1 aliphatic rings. The number of rotatable bonds is 7. The number of nitrogens with one attached hydrogen (secondary N) is 1. The fraction of sp³-hybridized carbons (Fsp3) is 0.261. The Morgan fingerprint density at radius 1 is 1.19 bits per heavy atom. The summed E-state index contributed by atoms with van der Waals surface area (Å²) in [4.78, 5) is 6.76. The van der Waals surface area contributed by atoms with Crippen molar-refractivity contribution in [3.05, 3.63) is 76.8 Å². The summed E-state index contributed by atoms with van der Waals surface area (Å²) in [5.74, 6) is 0.993. The summed E-state index contributed by atoms with van der Waals surface area (Å²) in [6.45, 7) is 3.40. The minimum atomic E-state index is -0.256. The van der Waals surface area contributed by atoms with Crippen molar-refractivity contribution < 1.29 is 9.26 Å². The quantitative estimate of drug-likeness (QED) is 0.394. The number of hydrogen-bond acceptors (Lipinski definition) is 5. The van der Waals surface area contributed by atoms with E-state index in [2.05, 4.69) is 15.4 Å². The van der Waals surface area contributed by atoms with E-state index in [0.717, 1.165) is 35.4 Å². The van der Waals surface area contributed by atoms with Crippen molar-refractivity contribution in [1.82, 2.24) is 20.4 Å². The molecule has 0 aliphatic carbocycles. The van der Waals surface area contributed by atoms with Gasteiger partial charge in [0, 0.05) is 36.5 Å². The van der Waals surface area contributed by atoms with E-state index in [-0.39, 0.29) is 6.04 Å². The molecule has 1 atom stereocenters. The smallest absolute Gasteiger partial charge is 0.258 e. The molecule has 0 saturated carbocycles. The van der Waals surface area contributed by atoms with Gasteiger partial charge in [0.05, 0.1) is 11.6 Å². The molecule has 8 heteroatoms. The van der Waals surface area contributed by atoms with Gasteiger partial charge in [-0.3, -0.25) is 0 Å². The number of aromatic nitrogens is 2. The summed E-state index contributed by atoms with van der Waals surface area (Å²) in [5, 5.41) is 8.95. The molecule has 1 aromatic heterocycles. The fourth-order valence-electron chi connectivity index (χ4n) is 3.67. The van der Waals surface area contributed by atoms with Crippen LogP contribution in [0.3, 0.4) is 0 Å². The van der Waals surface area contributed by atoms with Crippen LogP contribution in [0.4, 0.5) is 0 Å². The van der Waals surface area contributed by atoms with Gasteiger partial charge in [-0.1, -0.05) is 59.2 Å². The molecule has 1 aliphatic heterocycles. The Hall–Kier alpha value is -2.74. The van der Waals surface area contributed by atoms with Crippen molar-refractivity contribution in [3.8, 4) is 11.4 Å². The van der Waals surface area contributed by atoms with Crippen molar-refractivity contribution in [2.24, 2.45) is 0 Å². The van der Waals surface area contributed by atoms with E-state index in [9.17, 15) is 0 Å². The largest absolute Gasteiger partial charge is 0.385 e. The molecule has 1 unspecified atom stereocenters. The topological polar surface area (TPSA) is 63.4 Å². The molecule has 6 nitrogen and oxygen atoms in total. The lowest BCUT2D eigenvalue weighted by Crippen LogP contribution is -2.46. The summed E-state index contributed by atoms with van der Waals surface area (Å²) < 4.78 is 10.9. The third-order valence-corrected chi connectivity index (χ3v) is 5.77. The van der Waals surface area contributed by atoms with E-state index in [4.69, 9.17) is 38.1 Å². The molecule has 4 rings (SSSR count). The zero-order valence-corrected chi connectivity index (χ0v) is 18.9. The average molecular weight is 455 g/mol. The van der Waals surface area contributed by atoms with Gasteiger partial charge in [0.25, 0.3) is 5.89 Å². The Bertz CT molecular complexity index is 1100. The molecule has 0 spiro atoms. The molecule has 0 saturated heterocycles. The SMILES string of the molecule is COCCCN1C(=S)NC(c2cccc(Cl)c2)C(c2nc(-c3ccccc3)no2)=C1C. The first-order valence-corrected chi connectivity index (χ1v) is 10.8. The van der Waals surface area contributed by atoms with Crippen LogP contribution in [0.25, 0.3) is 17.0 Å². The number of nitrogens with zero attached hydrogens (tertiary/aromatic N) is 3. The van der Waals surface area contributed by atoms with Crippen LogP contribution in [-0.2, 0) is 4.74 Å². The van der Waals surface area contributed by atoms with Crippen LogP contribution < -0.4 is 5.32 Å². The highest BCUT2D eigenvalue weighted by atomic mass is 35.5. The van der Waals surface area contributed by atoms with Gasteiger partial charge in [-0.05, 0) is 43.3 Å². The zero-order valence-electron chi connectivity index (χ0n) is 17.3. The van der Waals surface area contributed by atoms with Crippen molar-refractivity contribution in [2.75, 3.05) is 20.3 Å². The number of benzene rings is 2. The molecular formula is C23H23ClN4O2S. The van der Waals surface area contributed by atoms with Gasteiger partial charge in [0.1, 0.15) is 0 Å². The lowest BCUT2D eigenvalue weighted by molar-refractivity contribution is 0.188. The zero-order chi connectivity index (χ0) is 21.8. The summed E-state index contributed by atoms with van der Waals surface area (Å²) in [5.41, 5.74) is 3.71. The van der Waals surface area contributed by atoms with Gasteiger partial charge in [0.15, 0.2) is 5.11 Å². The minimum absolute atomic E-state index is 0.256. The third-order valence-electron chi connectivity index (χ3n) is 5.20. The Morgan fingerprint density at radius 2 is 2.00 bits per heavy atom. The Morgan fingerprint density at radius 3 is 2.74 bits per heavy atom. The second-order valence-corrected chi connectivity index (χ2v) is 8.05. The highest BCUT2D eigenvalue weighted by Gasteiger charge is 2.34. The number of allylic oxidation sites excluding steroid dienone is 1. The van der Waals surface area contributed by atoms with Crippen molar-refractivity contribution in [1.29, 1.82) is 0 Å². The number of ether oxygens (including phenoxy) is 1. The van der Waals surface area contributed by atoms with E-state index in [1.807, 2.05) is 61.5 Å². The van der Waals surface area contributed by atoms with Gasteiger partial charge < -0.3 is 19.5 Å². The maximum absolute atomic E-state index is 6.28. The first-order valence-electron chi connectivity index (χ1n) is 10.0. The molecule has 2 heterocycles. The first-order chi connectivity index (χ1) is 15.1. The highest BCUT2D eigenvalue weighted by Crippen LogP contribution is 2.38. The standard InChI is InChI=1S/C23H23ClN4O2S/c1-15-19(22-26-21(27-30-22)16-8-4-3-5-9-16)20(17-10-6-11-18(24)14-17)25-23(31)28(15)12-7-13-29-2/h3-6,8-11,14,20H,7,12-13H2,1-2H3,(H,25,31). The van der Waals surface area contributed by atoms with Gasteiger partial charge in [0.2, 0.25) is 5.82 Å². The van der Waals surface area contributed by atoms with E-state index in [0.29, 0.717) is 28.5 Å². The lowest BCUT2D eigenvalue weighted by Gasteiger charge is -2.37. The van der Waals surface area contributed by atoms with Gasteiger partial charge in [-0.2, -0.15) is 4.98 Å². The summed E-state index contributed by atoms with van der Waals surface area (Å²) in [6, 6.07) is 17.2. The average Bonchev–Trinajstić information content (AvgIpc) is 3.26. The molecule has 160 valence electrons. The van der Waals surface area contributed by atoms with Crippen LogP contribution in [0.1, 0.15) is 30.8 Å². The maximum atomic E-state index is 6.28. The second kappa shape index (κ2) is 9.60. The normalized spacial score (nSPS) is 16.5. The molecule has 0 amide bonds. The molecule has 0 bridgehead atoms. The van der Waals surface area contributed by atoms with Crippen LogP contribution in [0.5, 0.6) is 0 Å². The van der Waals surface area contributed by atoms with Crippen LogP contribution in [-0.4, -0.2) is 40.4 Å². The molecule has 3 aromatic rings. The van der Waals surface area contributed by atoms with Crippen LogP contribution in [0.15, 0.2) is 64.8 Å². The molecule has 2 aromatic carbocycles. The van der Waals surface area contributed by atoms with Crippen molar-refractivity contribution in [3.63, 3.8) is 0 Å². The Kier molecular flexibility index (Phi) is 6.65. The van der Waals surface area contributed by atoms with Gasteiger partial charge in [-0.25, -0.2) is 0 Å². The van der Waals surface area contributed by atoms with Gasteiger partial charge in [-0.15, -0.1) is 0 Å².